The number of aliphatic hydroxyl groups is 1. The number of hydrogen-bond donors (Lipinski definition) is 1. The molecule has 0 saturated carbocycles. The van der Waals surface area contributed by atoms with Crippen molar-refractivity contribution >= 4 is 5.91 Å². The Morgan fingerprint density at radius 1 is 1.54 bits per heavy atom. The Morgan fingerprint density at radius 2 is 2.15 bits per heavy atom. The van der Waals surface area contributed by atoms with Crippen molar-refractivity contribution in [3.8, 4) is 0 Å². The van der Waals surface area contributed by atoms with Gasteiger partial charge in [-0.25, -0.2) is 0 Å². The summed E-state index contributed by atoms with van der Waals surface area (Å²) < 4.78 is 0. The van der Waals surface area contributed by atoms with Crippen molar-refractivity contribution in [1.82, 2.24) is 4.90 Å². The zero-order valence-corrected chi connectivity index (χ0v) is 8.71. The second-order valence-corrected chi connectivity index (χ2v) is 5.02. The first-order valence-electron chi connectivity index (χ1n) is 4.84. The van der Waals surface area contributed by atoms with Gasteiger partial charge in [0.25, 0.3) is 0 Å². The first-order chi connectivity index (χ1) is 5.88. The maximum atomic E-state index is 11.6. The number of β-amino-alcohol motifs (C(OH)–C–C–N with tert-alkyl or cyclic N) is 1. The number of hydrogen-bond acceptors (Lipinski definition) is 2. The van der Waals surface area contributed by atoms with Gasteiger partial charge in [0.15, 0.2) is 0 Å². The molecule has 1 saturated heterocycles. The molecule has 1 rings (SSSR count). The van der Waals surface area contributed by atoms with Crippen LogP contribution in [0.5, 0.6) is 0 Å². The number of rotatable bonds is 1. The summed E-state index contributed by atoms with van der Waals surface area (Å²) in [5, 5.41) is 9.25. The minimum Gasteiger partial charge on any atom is -0.391 e. The van der Waals surface area contributed by atoms with Gasteiger partial charge in [0.1, 0.15) is 0 Å². The molecule has 0 bridgehead atoms. The summed E-state index contributed by atoms with van der Waals surface area (Å²) in [5.74, 6) is 0.170. The molecular formula is C10H19NO2. The fourth-order valence-corrected chi connectivity index (χ4v) is 1.53. The van der Waals surface area contributed by atoms with Gasteiger partial charge in [-0.3, -0.25) is 4.79 Å². The van der Waals surface area contributed by atoms with Crippen LogP contribution in [0.15, 0.2) is 0 Å². The number of nitrogens with zero attached hydrogens (tertiary/aromatic N) is 1. The SMILES string of the molecule is CC(C)(C)CC(=O)N1CC[C@@H](O)C1. The fourth-order valence-electron chi connectivity index (χ4n) is 1.53. The highest BCUT2D eigenvalue weighted by molar-refractivity contribution is 5.77. The second-order valence-electron chi connectivity index (χ2n) is 5.02. The lowest BCUT2D eigenvalue weighted by Gasteiger charge is -2.22. The van der Waals surface area contributed by atoms with E-state index in [0.29, 0.717) is 13.0 Å². The van der Waals surface area contributed by atoms with Crippen LogP contribution in [-0.4, -0.2) is 35.1 Å². The molecule has 1 aliphatic rings. The van der Waals surface area contributed by atoms with E-state index in [-0.39, 0.29) is 17.4 Å². The summed E-state index contributed by atoms with van der Waals surface area (Å²) >= 11 is 0. The molecule has 0 aromatic rings. The van der Waals surface area contributed by atoms with E-state index in [2.05, 4.69) is 20.8 Å². The van der Waals surface area contributed by atoms with Crippen LogP contribution >= 0.6 is 0 Å². The third-order valence-corrected chi connectivity index (χ3v) is 2.20. The summed E-state index contributed by atoms with van der Waals surface area (Å²) in [6, 6.07) is 0. The van der Waals surface area contributed by atoms with Crippen LogP contribution in [-0.2, 0) is 4.79 Å². The Morgan fingerprint density at radius 3 is 2.54 bits per heavy atom. The predicted octanol–water partition coefficient (Wildman–Crippen LogP) is 1.02. The maximum Gasteiger partial charge on any atom is 0.223 e. The van der Waals surface area contributed by atoms with E-state index in [4.69, 9.17) is 0 Å². The Bertz CT molecular complexity index is 196. The molecule has 0 aromatic heterocycles. The van der Waals surface area contributed by atoms with Crippen LogP contribution in [0, 0.1) is 5.41 Å². The van der Waals surface area contributed by atoms with Crippen molar-refractivity contribution in [2.75, 3.05) is 13.1 Å². The third kappa shape index (κ3) is 3.35. The van der Waals surface area contributed by atoms with E-state index in [0.717, 1.165) is 13.0 Å². The van der Waals surface area contributed by atoms with E-state index in [1.165, 1.54) is 0 Å². The molecule has 1 N–H and O–H groups in total. The highest BCUT2D eigenvalue weighted by atomic mass is 16.3. The lowest BCUT2D eigenvalue weighted by molar-refractivity contribution is -0.132. The van der Waals surface area contributed by atoms with Crippen molar-refractivity contribution in [3.63, 3.8) is 0 Å². The van der Waals surface area contributed by atoms with Crippen LogP contribution in [0.3, 0.4) is 0 Å². The summed E-state index contributed by atoms with van der Waals surface area (Å²) in [5.41, 5.74) is 0.0463. The average molecular weight is 185 g/mol. The molecule has 1 aliphatic heterocycles. The van der Waals surface area contributed by atoms with Crippen molar-refractivity contribution in [2.24, 2.45) is 5.41 Å². The molecule has 1 fully saturated rings. The van der Waals surface area contributed by atoms with E-state index < -0.39 is 0 Å². The monoisotopic (exact) mass is 185 g/mol. The maximum absolute atomic E-state index is 11.6. The summed E-state index contributed by atoms with van der Waals surface area (Å²) in [7, 11) is 0. The van der Waals surface area contributed by atoms with Gasteiger partial charge in [0.05, 0.1) is 6.10 Å². The van der Waals surface area contributed by atoms with E-state index >= 15 is 0 Å². The number of carbonyl (C=O) groups is 1. The second kappa shape index (κ2) is 3.66. The van der Waals surface area contributed by atoms with Gasteiger partial charge in [-0.2, -0.15) is 0 Å². The topological polar surface area (TPSA) is 40.5 Å². The summed E-state index contributed by atoms with van der Waals surface area (Å²) in [6.45, 7) is 7.40. The van der Waals surface area contributed by atoms with E-state index in [1.807, 2.05) is 0 Å². The molecule has 3 nitrogen and oxygen atoms in total. The molecule has 1 atom stereocenters. The standard InChI is InChI=1S/C10H19NO2/c1-10(2,3)6-9(13)11-5-4-8(12)7-11/h8,12H,4-7H2,1-3H3/t8-/m1/s1. The lowest BCUT2D eigenvalue weighted by Crippen LogP contribution is -2.32. The third-order valence-electron chi connectivity index (χ3n) is 2.20. The Kier molecular flexibility index (Phi) is 2.96. The van der Waals surface area contributed by atoms with Crippen molar-refractivity contribution in [2.45, 2.75) is 39.7 Å². The molecule has 1 heterocycles. The first kappa shape index (κ1) is 10.5. The number of carbonyl (C=O) groups excluding carboxylic acids is 1. The van der Waals surface area contributed by atoms with Gasteiger partial charge >= 0.3 is 0 Å². The molecule has 0 aliphatic carbocycles. The van der Waals surface area contributed by atoms with Crippen molar-refractivity contribution in [1.29, 1.82) is 0 Å². The van der Waals surface area contributed by atoms with Gasteiger partial charge in [-0.1, -0.05) is 20.8 Å². The summed E-state index contributed by atoms with van der Waals surface area (Å²) in [4.78, 5) is 13.4. The molecule has 0 unspecified atom stereocenters. The Hall–Kier alpha value is -0.570. The first-order valence-corrected chi connectivity index (χ1v) is 4.84. The molecule has 76 valence electrons. The van der Waals surface area contributed by atoms with Crippen LogP contribution in [0.4, 0.5) is 0 Å². The minimum absolute atomic E-state index is 0.0463. The molecule has 3 heteroatoms. The normalized spacial score (nSPS) is 23.7. The minimum atomic E-state index is -0.302. The highest BCUT2D eigenvalue weighted by Gasteiger charge is 2.27. The van der Waals surface area contributed by atoms with E-state index in [1.54, 1.807) is 4.90 Å². The van der Waals surface area contributed by atoms with Gasteiger partial charge in [0, 0.05) is 19.5 Å². The van der Waals surface area contributed by atoms with Crippen molar-refractivity contribution in [3.05, 3.63) is 0 Å². The number of amides is 1. The zero-order valence-electron chi connectivity index (χ0n) is 8.71. The Labute approximate surface area is 79.7 Å². The van der Waals surface area contributed by atoms with Crippen LogP contribution in [0.2, 0.25) is 0 Å². The number of aliphatic hydroxyl groups excluding tert-OH is 1. The molecule has 0 spiro atoms. The van der Waals surface area contributed by atoms with E-state index in [9.17, 15) is 9.90 Å². The van der Waals surface area contributed by atoms with Gasteiger partial charge in [0.2, 0.25) is 5.91 Å². The molecule has 1 amide bonds. The molecule has 0 radical (unpaired) electrons. The Balaban J connectivity index is 2.41. The van der Waals surface area contributed by atoms with Crippen LogP contribution in [0.25, 0.3) is 0 Å². The molecule has 0 aromatic carbocycles. The zero-order chi connectivity index (χ0) is 10.1. The molecular weight excluding hydrogens is 166 g/mol. The van der Waals surface area contributed by atoms with Gasteiger partial charge in [-0.05, 0) is 11.8 Å². The van der Waals surface area contributed by atoms with Gasteiger partial charge in [-0.15, -0.1) is 0 Å². The van der Waals surface area contributed by atoms with Crippen LogP contribution < -0.4 is 0 Å². The largest absolute Gasteiger partial charge is 0.391 e. The number of likely N-dealkylation sites (tertiary alicyclic amines) is 1. The fraction of sp³-hybridized carbons (Fsp3) is 0.900. The smallest absolute Gasteiger partial charge is 0.223 e. The molecule has 13 heavy (non-hydrogen) atoms. The van der Waals surface area contributed by atoms with Gasteiger partial charge < -0.3 is 10.0 Å². The average Bonchev–Trinajstić information content (AvgIpc) is 2.31. The highest BCUT2D eigenvalue weighted by Crippen LogP contribution is 2.21. The predicted molar refractivity (Wildman–Crippen MR) is 51.3 cm³/mol. The van der Waals surface area contributed by atoms with Crippen molar-refractivity contribution < 1.29 is 9.90 Å². The quantitative estimate of drug-likeness (QED) is 0.662. The summed E-state index contributed by atoms with van der Waals surface area (Å²) in [6.07, 6.45) is 0.999. The lowest BCUT2D eigenvalue weighted by atomic mass is 9.92. The van der Waals surface area contributed by atoms with Crippen LogP contribution in [0.1, 0.15) is 33.6 Å².